The van der Waals surface area contributed by atoms with Crippen LogP contribution in [-0.2, 0) is 11.2 Å². The molecule has 1 aliphatic carbocycles. The maximum atomic E-state index is 10.7. The first-order valence-electron chi connectivity index (χ1n) is 9.91. The van der Waals surface area contributed by atoms with Crippen molar-refractivity contribution in [1.82, 2.24) is 0 Å². The van der Waals surface area contributed by atoms with E-state index in [-0.39, 0.29) is 24.0 Å². The molecule has 0 radical (unpaired) electrons. The minimum atomic E-state index is -0.739. The molecule has 1 aromatic heterocycles. The summed E-state index contributed by atoms with van der Waals surface area (Å²) in [6, 6.07) is 0. The number of aryl methyl sites for hydroxylation is 1. The van der Waals surface area contributed by atoms with Gasteiger partial charge in [0.05, 0.1) is 21.8 Å². The van der Waals surface area contributed by atoms with Gasteiger partial charge >= 0.3 is 0 Å². The highest BCUT2D eigenvalue weighted by molar-refractivity contribution is 9.13. The van der Waals surface area contributed by atoms with Gasteiger partial charge in [0, 0.05) is 29.2 Å². The molecular formula is C21H29Br2NO4S. The molecule has 1 aliphatic rings. The lowest BCUT2D eigenvalue weighted by molar-refractivity contribution is -0.118. The van der Waals surface area contributed by atoms with E-state index in [2.05, 4.69) is 37.2 Å². The van der Waals surface area contributed by atoms with E-state index in [0.29, 0.717) is 25.7 Å². The van der Waals surface area contributed by atoms with Crippen LogP contribution in [0.4, 0.5) is 0 Å². The van der Waals surface area contributed by atoms with E-state index in [0.717, 1.165) is 27.5 Å². The zero-order valence-corrected chi connectivity index (χ0v) is 20.3. The SMILES string of the molecule is NC(=O)CCC/C=C\CC1[C@@H](O)C[C@@H](O)[C@H]1/C(O)=C\CCCc1csc(Br)c1Br. The van der Waals surface area contributed by atoms with Gasteiger partial charge in [-0.1, -0.05) is 12.2 Å². The highest BCUT2D eigenvalue weighted by atomic mass is 79.9. The van der Waals surface area contributed by atoms with E-state index in [1.54, 1.807) is 17.4 Å². The number of hydrogen-bond acceptors (Lipinski definition) is 5. The third-order valence-electron chi connectivity index (χ3n) is 5.33. The Morgan fingerprint density at radius 2 is 1.97 bits per heavy atom. The summed E-state index contributed by atoms with van der Waals surface area (Å²) >= 11 is 8.70. The molecule has 4 atom stereocenters. The van der Waals surface area contributed by atoms with Crippen LogP contribution < -0.4 is 5.73 Å². The quantitative estimate of drug-likeness (QED) is 0.177. The Hall–Kier alpha value is -0.670. The topological polar surface area (TPSA) is 104 Å². The first kappa shape index (κ1) is 24.6. The largest absolute Gasteiger partial charge is 0.512 e. The van der Waals surface area contributed by atoms with Crippen LogP contribution in [0.2, 0.25) is 0 Å². The number of thiophene rings is 1. The Morgan fingerprint density at radius 1 is 1.21 bits per heavy atom. The summed E-state index contributed by atoms with van der Waals surface area (Å²) in [6.45, 7) is 0. The van der Waals surface area contributed by atoms with Gasteiger partial charge in [-0.15, -0.1) is 11.3 Å². The van der Waals surface area contributed by atoms with Crippen molar-refractivity contribution >= 4 is 49.1 Å². The van der Waals surface area contributed by atoms with E-state index < -0.39 is 18.1 Å². The number of rotatable bonds is 11. The summed E-state index contributed by atoms with van der Waals surface area (Å²) in [7, 11) is 0. The zero-order chi connectivity index (χ0) is 21.4. The van der Waals surface area contributed by atoms with Gasteiger partial charge in [0.2, 0.25) is 5.91 Å². The van der Waals surface area contributed by atoms with E-state index in [9.17, 15) is 20.1 Å². The maximum absolute atomic E-state index is 10.7. The Morgan fingerprint density at radius 3 is 2.62 bits per heavy atom. The molecule has 2 rings (SSSR count). The van der Waals surface area contributed by atoms with Gasteiger partial charge < -0.3 is 21.1 Å². The van der Waals surface area contributed by atoms with Crippen LogP contribution in [0.25, 0.3) is 0 Å². The lowest BCUT2D eigenvalue weighted by Crippen LogP contribution is -2.23. The molecule has 1 unspecified atom stereocenters. The second kappa shape index (κ2) is 12.2. The number of nitrogens with two attached hydrogens (primary N) is 1. The van der Waals surface area contributed by atoms with Crippen LogP contribution in [-0.4, -0.2) is 33.4 Å². The summed E-state index contributed by atoms with van der Waals surface area (Å²) in [5.74, 6) is -0.786. The summed E-state index contributed by atoms with van der Waals surface area (Å²) in [5, 5.41) is 33.3. The number of aliphatic hydroxyl groups excluding tert-OH is 3. The van der Waals surface area contributed by atoms with Crippen molar-refractivity contribution in [3.8, 4) is 0 Å². The first-order valence-corrected chi connectivity index (χ1v) is 12.4. The smallest absolute Gasteiger partial charge is 0.217 e. The van der Waals surface area contributed by atoms with Gasteiger partial charge in [-0.2, -0.15) is 0 Å². The fourth-order valence-electron chi connectivity index (χ4n) is 3.78. The van der Waals surface area contributed by atoms with Gasteiger partial charge in [0.25, 0.3) is 0 Å². The van der Waals surface area contributed by atoms with Crippen LogP contribution in [0, 0.1) is 11.8 Å². The molecule has 1 fully saturated rings. The molecule has 1 aromatic rings. The Kier molecular flexibility index (Phi) is 10.4. The number of hydrogen-bond donors (Lipinski definition) is 4. The van der Waals surface area contributed by atoms with Crippen LogP contribution in [0.3, 0.4) is 0 Å². The fourth-order valence-corrected chi connectivity index (χ4v) is 5.77. The average Bonchev–Trinajstić information content (AvgIpc) is 3.13. The van der Waals surface area contributed by atoms with Gasteiger partial charge in [-0.25, -0.2) is 0 Å². The molecule has 1 amide bonds. The molecule has 162 valence electrons. The molecule has 0 spiro atoms. The molecule has 5 N–H and O–H groups in total. The van der Waals surface area contributed by atoms with Crippen LogP contribution in [0.15, 0.2) is 37.6 Å². The molecule has 0 aromatic carbocycles. The normalized spacial score (nSPS) is 25.2. The molecule has 0 aliphatic heterocycles. The average molecular weight is 551 g/mol. The monoisotopic (exact) mass is 549 g/mol. The van der Waals surface area contributed by atoms with Crippen molar-refractivity contribution in [1.29, 1.82) is 0 Å². The predicted molar refractivity (Wildman–Crippen MR) is 124 cm³/mol. The second-order valence-corrected chi connectivity index (χ2v) is 10.5. The lowest BCUT2D eigenvalue weighted by Gasteiger charge is -2.22. The van der Waals surface area contributed by atoms with E-state index in [1.807, 2.05) is 12.2 Å². The number of carbonyl (C=O) groups is 1. The van der Waals surface area contributed by atoms with Gasteiger partial charge in [-0.05, 0) is 87.4 Å². The number of aliphatic hydroxyl groups is 3. The molecule has 29 heavy (non-hydrogen) atoms. The van der Waals surface area contributed by atoms with E-state index in [4.69, 9.17) is 5.73 Å². The molecule has 8 heteroatoms. The fraction of sp³-hybridized carbons (Fsp3) is 0.571. The summed E-state index contributed by atoms with van der Waals surface area (Å²) in [5.41, 5.74) is 6.36. The minimum Gasteiger partial charge on any atom is -0.512 e. The summed E-state index contributed by atoms with van der Waals surface area (Å²) < 4.78 is 2.17. The van der Waals surface area contributed by atoms with Crippen molar-refractivity contribution in [2.75, 3.05) is 0 Å². The summed E-state index contributed by atoms with van der Waals surface area (Å²) in [4.78, 5) is 10.7. The highest BCUT2D eigenvalue weighted by Gasteiger charge is 2.43. The van der Waals surface area contributed by atoms with Crippen molar-refractivity contribution in [2.24, 2.45) is 17.6 Å². The maximum Gasteiger partial charge on any atom is 0.217 e. The number of allylic oxidation sites excluding steroid dienone is 3. The summed E-state index contributed by atoms with van der Waals surface area (Å²) in [6.07, 6.45) is 9.49. The number of carbonyl (C=O) groups excluding carboxylic acids is 1. The number of primary amides is 1. The predicted octanol–water partition coefficient (Wildman–Crippen LogP) is 5.00. The Balaban J connectivity index is 1.85. The second-order valence-electron chi connectivity index (χ2n) is 7.50. The third kappa shape index (κ3) is 7.51. The van der Waals surface area contributed by atoms with Crippen molar-refractivity contribution in [3.05, 3.63) is 43.2 Å². The van der Waals surface area contributed by atoms with E-state index >= 15 is 0 Å². The minimum absolute atomic E-state index is 0.173. The van der Waals surface area contributed by atoms with Crippen LogP contribution in [0.1, 0.15) is 50.5 Å². The molecular weight excluding hydrogens is 522 g/mol. The van der Waals surface area contributed by atoms with Gasteiger partial charge in [0.1, 0.15) is 0 Å². The molecule has 1 heterocycles. The Bertz CT molecular complexity index is 734. The number of halogens is 2. The van der Waals surface area contributed by atoms with E-state index in [1.165, 1.54) is 5.56 Å². The Labute approximate surface area is 193 Å². The van der Waals surface area contributed by atoms with Crippen molar-refractivity contribution in [3.63, 3.8) is 0 Å². The molecule has 0 saturated heterocycles. The van der Waals surface area contributed by atoms with Crippen molar-refractivity contribution < 1.29 is 20.1 Å². The van der Waals surface area contributed by atoms with Crippen LogP contribution >= 0.6 is 43.2 Å². The van der Waals surface area contributed by atoms with Gasteiger partial charge in [0.15, 0.2) is 0 Å². The zero-order valence-electron chi connectivity index (χ0n) is 16.3. The first-order chi connectivity index (χ1) is 13.8. The molecule has 1 saturated carbocycles. The lowest BCUT2D eigenvalue weighted by atomic mass is 9.88. The molecule has 0 bridgehead atoms. The molecule has 5 nitrogen and oxygen atoms in total. The standard InChI is InChI=1S/C21H29Br2NO4S/c22-20-13(12-29-21(20)23)7-5-6-9-15(25)19-14(16(26)11-17(19)27)8-3-1-2-4-10-18(24)28/h1,3,9,12,14,16-17,19,25-27H,2,4-8,10-11H2,(H2,24,28)/b3-1-,15-9+/t14?,16-,17+,19+/m0/s1. The number of amides is 1. The number of unbranched alkanes of at least 4 members (excludes halogenated alkanes) is 2. The van der Waals surface area contributed by atoms with Crippen molar-refractivity contribution in [2.45, 2.75) is 63.6 Å². The highest BCUT2D eigenvalue weighted by Crippen LogP contribution is 2.39. The van der Waals surface area contributed by atoms with Crippen LogP contribution in [0.5, 0.6) is 0 Å². The third-order valence-corrected chi connectivity index (χ3v) is 8.80. The van der Waals surface area contributed by atoms with Gasteiger partial charge in [-0.3, -0.25) is 4.79 Å².